The molecule has 0 fully saturated rings. The van der Waals surface area contributed by atoms with Crippen LogP contribution in [-0.2, 0) is 4.79 Å². The number of aromatic hydroxyl groups is 1. The van der Waals surface area contributed by atoms with Crippen molar-refractivity contribution in [2.24, 2.45) is 0 Å². The summed E-state index contributed by atoms with van der Waals surface area (Å²) in [4.78, 5) is 22.3. The largest absolute Gasteiger partial charge is 0.507 e. The summed E-state index contributed by atoms with van der Waals surface area (Å²) in [6.45, 7) is 6.73. The van der Waals surface area contributed by atoms with Gasteiger partial charge < -0.3 is 15.5 Å². The molecule has 0 aliphatic carbocycles. The Hall–Kier alpha value is -2.04. The maximum atomic E-state index is 11.9. The molecule has 0 aromatic heterocycles. The second kappa shape index (κ2) is 5.08. The normalized spacial score (nSPS) is 10.2. The van der Waals surface area contributed by atoms with Gasteiger partial charge in [0.2, 0.25) is 0 Å². The highest BCUT2D eigenvalue weighted by Crippen LogP contribution is 2.31. The van der Waals surface area contributed by atoms with Gasteiger partial charge in [0.1, 0.15) is 12.3 Å². The summed E-state index contributed by atoms with van der Waals surface area (Å²) in [5.41, 5.74) is 3.31. The summed E-state index contributed by atoms with van der Waals surface area (Å²) in [7, 11) is 0. The van der Waals surface area contributed by atoms with E-state index in [2.05, 4.69) is 5.32 Å². The lowest BCUT2D eigenvalue weighted by molar-refractivity contribution is -0.135. The monoisotopic (exact) mass is 251 g/mol. The SMILES string of the molecule is Cc1c(C)c(C)c(C(=O)NCC(=O)O)c(O)c1C. The zero-order valence-corrected chi connectivity index (χ0v) is 10.9. The maximum absolute atomic E-state index is 11.9. The second-order valence-electron chi connectivity index (χ2n) is 4.30. The number of rotatable bonds is 3. The predicted molar refractivity (Wildman–Crippen MR) is 67.0 cm³/mol. The van der Waals surface area contributed by atoms with Crippen LogP contribution in [-0.4, -0.2) is 28.6 Å². The first-order valence-corrected chi connectivity index (χ1v) is 5.56. The number of carbonyl (C=O) groups is 2. The molecule has 0 heterocycles. The molecule has 98 valence electrons. The third kappa shape index (κ3) is 2.45. The molecule has 0 aliphatic heterocycles. The summed E-state index contributed by atoms with van der Waals surface area (Å²) < 4.78 is 0. The number of carbonyl (C=O) groups excluding carboxylic acids is 1. The smallest absolute Gasteiger partial charge is 0.322 e. The fourth-order valence-electron chi connectivity index (χ4n) is 1.81. The van der Waals surface area contributed by atoms with Crippen LogP contribution in [0.5, 0.6) is 5.75 Å². The van der Waals surface area contributed by atoms with Gasteiger partial charge in [0, 0.05) is 0 Å². The topological polar surface area (TPSA) is 86.6 Å². The molecule has 1 aromatic carbocycles. The van der Waals surface area contributed by atoms with Crippen molar-refractivity contribution in [1.29, 1.82) is 0 Å². The van der Waals surface area contributed by atoms with Crippen LogP contribution in [0, 0.1) is 27.7 Å². The Morgan fingerprint density at radius 2 is 1.50 bits per heavy atom. The Morgan fingerprint density at radius 3 is 2.00 bits per heavy atom. The number of phenolic OH excluding ortho intramolecular Hbond substituents is 1. The molecular formula is C13H17NO4. The van der Waals surface area contributed by atoms with Gasteiger partial charge in [0.25, 0.3) is 5.91 Å². The van der Waals surface area contributed by atoms with Crippen LogP contribution in [0.15, 0.2) is 0 Å². The predicted octanol–water partition coefficient (Wildman–Crippen LogP) is 1.44. The zero-order chi connectivity index (χ0) is 14.0. The van der Waals surface area contributed by atoms with Crippen molar-refractivity contribution in [3.8, 4) is 5.75 Å². The quantitative estimate of drug-likeness (QED) is 0.758. The van der Waals surface area contributed by atoms with Crippen molar-refractivity contribution < 1.29 is 19.8 Å². The number of hydrogen-bond donors (Lipinski definition) is 3. The highest BCUT2D eigenvalue weighted by atomic mass is 16.4. The highest BCUT2D eigenvalue weighted by molar-refractivity contribution is 6.00. The average Bonchev–Trinajstić information content (AvgIpc) is 2.31. The summed E-state index contributed by atoms with van der Waals surface area (Å²) in [6, 6.07) is 0. The summed E-state index contributed by atoms with van der Waals surface area (Å²) in [6.07, 6.45) is 0. The van der Waals surface area contributed by atoms with Gasteiger partial charge in [-0.15, -0.1) is 0 Å². The zero-order valence-electron chi connectivity index (χ0n) is 10.9. The molecule has 0 spiro atoms. The number of phenols is 1. The Kier molecular flexibility index (Phi) is 3.96. The lowest BCUT2D eigenvalue weighted by Gasteiger charge is -2.16. The number of aliphatic carboxylic acids is 1. The van der Waals surface area contributed by atoms with Crippen LogP contribution in [0.3, 0.4) is 0 Å². The van der Waals surface area contributed by atoms with E-state index in [-0.39, 0.29) is 11.3 Å². The van der Waals surface area contributed by atoms with Gasteiger partial charge >= 0.3 is 5.97 Å². The summed E-state index contributed by atoms with van der Waals surface area (Å²) in [5, 5.41) is 20.8. The molecular weight excluding hydrogens is 234 g/mol. The van der Waals surface area contributed by atoms with E-state index in [0.29, 0.717) is 11.1 Å². The molecule has 5 nitrogen and oxygen atoms in total. The molecule has 0 radical (unpaired) electrons. The van der Waals surface area contributed by atoms with Crippen LogP contribution in [0.4, 0.5) is 0 Å². The minimum Gasteiger partial charge on any atom is -0.507 e. The molecule has 1 rings (SSSR count). The van der Waals surface area contributed by atoms with Crippen molar-refractivity contribution in [3.05, 3.63) is 27.8 Å². The Balaban J connectivity index is 3.24. The van der Waals surface area contributed by atoms with Crippen molar-refractivity contribution in [2.45, 2.75) is 27.7 Å². The van der Waals surface area contributed by atoms with Gasteiger partial charge in [0.15, 0.2) is 0 Å². The van der Waals surface area contributed by atoms with Gasteiger partial charge in [-0.2, -0.15) is 0 Å². The van der Waals surface area contributed by atoms with E-state index in [0.717, 1.165) is 11.1 Å². The van der Waals surface area contributed by atoms with E-state index in [1.807, 2.05) is 13.8 Å². The van der Waals surface area contributed by atoms with E-state index in [1.54, 1.807) is 13.8 Å². The third-order valence-corrected chi connectivity index (χ3v) is 3.28. The minimum absolute atomic E-state index is 0.0847. The van der Waals surface area contributed by atoms with Crippen LogP contribution < -0.4 is 5.32 Å². The first kappa shape index (κ1) is 14.0. The van der Waals surface area contributed by atoms with E-state index in [9.17, 15) is 14.7 Å². The third-order valence-electron chi connectivity index (χ3n) is 3.28. The standard InChI is InChI=1S/C13H17NO4/c1-6-7(2)9(4)12(17)11(8(6)3)13(18)14-5-10(15)16/h17H,5H2,1-4H3,(H,14,18)(H,15,16). The molecule has 3 N–H and O–H groups in total. The minimum atomic E-state index is -1.12. The highest BCUT2D eigenvalue weighted by Gasteiger charge is 2.20. The second-order valence-corrected chi connectivity index (χ2v) is 4.30. The van der Waals surface area contributed by atoms with Crippen molar-refractivity contribution in [1.82, 2.24) is 5.32 Å². The van der Waals surface area contributed by atoms with Gasteiger partial charge in [-0.05, 0) is 49.9 Å². The fourth-order valence-corrected chi connectivity index (χ4v) is 1.81. The van der Waals surface area contributed by atoms with E-state index < -0.39 is 18.4 Å². The molecule has 0 saturated heterocycles. The number of hydrogen-bond acceptors (Lipinski definition) is 3. The number of carboxylic acids is 1. The molecule has 18 heavy (non-hydrogen) atoms. The molecule has 1 aromatic rings. The molecule has 0 unspecified atom stereocenters. The van der Waals surface area contributed by atoms with Gasteiger partial charge in [-0.3, -0.25) is 9.59 Å². The Labute approximate surface area is 105 Å². The molecule has 0 bridgehead atoms. The van der Waals surface area contributed by atoms with Gasteiger partial charge in [0.05, 0.1) is 5.56 Å². The maximum Gasteiger partial charge on any atom is 0.322 e. The number of carboxylic acid groups (broad SMARTS) is 1. The molecule has 0 saturated carbocycles. The van der Waals surface area contributed by atoms with Crippen LogP contribution in [0.25, 0.3) is 0 Å². The van der Waals surface area contributed by atoms with Gasteiger partial charge in [-0.1, -0.05) is 0 Å². The van der Waals surface area contributed by atoms with Crippen LogP contribution in [0.1, 0.15) is 32.6 Å². The van der Waals surface area contributed by atoms with E-state index in [1.165, 1.54) is 0 Å². The molecule has 0 aliphatic rings. The van der Waals surface area contributed by atoms with Crippen molar-refractivity contribution >= 4 is 11.9 Å². The Morgan fingerprint density at radius 1 is 1.00 bits per heavy atom. The van der Waals surface area contributed by atoms with Crippen LogP contribution >= 0.6 is 0 Å². The van der Waals surface area contributed by atoms with Gasteiger partial charge in [-0.25, -0.2) is 0 Å². The Bertz CT molecular complexity index is 491. The number of amides is 1. The van der Waals surface area contributed by atoms with Crippen LogP contribution in [0.2, 0.25) is 0 Å². The number of nitrogens with one attached hydrogen (secondary N) is 1. The first-order valence-electron chi connectivity index (χ1n) is 5.56. The molecule has 0 atom stereocenters. The van der Waals surface area contributed by atoms with Crippen molar-refractivity contribution in [3.63, 3.8) is 0 Å². The van der Waals surface area contributed by atoms with Crippen molar-refractivity contribution in [2.75, 3.05) is 6.54 Å². The van der Waals surface area contributed by atoms with E-state index >= 15 is 0 Å². The summed E-state index contributed by atoms with van der Waals surface area (Å²) >= 11 is 0. The number of benzene rings is 1. The molecule has 1 amide bonds. The summed E-state index contributed by atoms with van der Waals surface area (Å²) in [5.74, 6) is -1.78. The molecule has 5 heteroatoms. The lowest BCUT2D eigenvalue weighted by Crippen LogP contribution is -2.30. The first-order chi connectivity index (χ1) is 8.27. The van der Waals surface area contributed by atoms with E-state index in [4.69, 9.17) is 5.11 Å². The average molecular weight is 251 g/mol. The fraction of sp³-hybridized carbons (Fsp3) is 0.385. The lowest BCUT2D eigenvalue weighted by atomic mass is 9.93.